The van der Waals surface area contributed by atoms with E-state index in [-0.39, 0.29) is 5.56 Å². The number of aliphatic hydroxyl groups is 1. The molecule has 0 amide bonds. The van der Waals surface area contributed by atoms with Crippen molar-refractivity contribution in [2.45, 2.75) is 18.9 Å². The molecule has 1 aromatic rings. The molecule has 76 valence electrons. The van der Waals surface area contributed by atoms with Crippen molar-refractivity contribution in [3.8, 4) is 0 Å². The number of aliphatic hydroxyl groups excluding tert-OH is 1. The van der Waals surface area contributed by atoms with E-state index in [1.807, 2.05) is 0 Å². The highest BCUT2D eigenvalue weighted by atomic mass is 19.1. The van der Waals surface area contributed by atoms with E-state index >= 15 is 0 Å². The zero-order valence-corrected chi connectivity index (χ0v) is 7.64. The number of carbonyl (C=O) groups is 1. The molecular weight excluding hydrogens is 187 g/mol. The summed E-state index contributed by atoms with van der Waals surface area (Å²) in [6.45, 7) is 1.47. The third-order valence-corrected chi connectivity index (χ3v) is 2.12. The van der Waals surface area contributed by atoms with E-state index in [0.29, 0.717) is 0 Å². The predicted molar refractivity (Wildman–Crippen MR) is 48.5 cm³/mol. The largest absolute Gasteiger partial charge is 0.479 e. The average Bonchev–Trinajstić information content (AvgIpc) is 2.16. The van der Waals surface area contributed by atoms with E-state index in [1.165, 1.54) is 25.1 Å². The Balaban J connectivity index is 2.94. The molecule has 2 atom stereocenters. The third-order valence-electron chi connectivity index (χ3n) is 2.12. The number of benzene rings is 1. The van der Waals surface area contributed by atoms with Gasteiger partial charge in [-0.05, 0) is 11.6 Å². The summed E-state index contributed by atoms with van der Waals surface area (Å²) in [5.41, 5.74) is 0.211. The van der Waals surface area contributed by atoms with Crippen LogP contribution in [0.25, 0.3) is 0 Å². The third kappa shape index (κ3) is 2.09. The number of rotatable bonds is 3. The van der Waals surface area contributed by atoms with Crippen LogP contribution in [0.4, 0.5) is 4.39 Å². The van der Waals surface area contributed by atoms with Gasteiger partial charge < -0.3 is 10.2 Å². The molecule has 4 heteroatoms. The molecule has 0 radical (unpaired) electrons. The van der Waals surface area contributed by atoms with Crippen LogP contribution in [0.3, 0.4) is 0 Å². The van der Waals surface area contributed by atoms with Crippen molar-refractivity contribution in [2.75, 3.05) is 0 Å². The second-order valence-electron chi connectivity index (χ2n) is 3.09. The van der Waals surface area contributed by atoms with Crippen molar-refractivity contribution in [3.63, 3.8) is 0 Å². The van der Waals surface area contributed by atoms with Gasteiger partial charge in [-0.15, -0.1) is 0 Å². The number of hydrogen-bond donors (Lipinski definition) is 2. The van der Waals surface area contributed by atoms with Gasteiger partial charge in [0.15, 0.2) is 6.10 Å². The normalized spacial score (nSPS) is 14.8. The SMILES string of the molecule is C[C@H](c1ccccc1F)[C@H](O)C(=O)O. The maximum atomic E-state index is 13.2. The molecule has 0 aliphatic rings. The highest BCUT2D eigenvalue weighted by Gasteiger charge is 2.24. The molecule has 0 bridgehead atoms. The van der Waals surface area contributed by atoms with Gasteiger partial charge in [-0.1, -0.05) is 25.1 Å². The molecule has 1 rings (SSSR count). The molecule has 0 aliphatic carbocycles. The fourth-order valence-electron chi connectivity index (χ4n) is 1.23. The van der Waals surface area contributed by atoms with Gasteiger partial charge in [0.05, 0.1) is 0 Å². The Bertz CT molecular complexity index is 338. The van der Waals surface area contributed by atoms with E-state index in [4.69, 9.17) is 5.11 Å². The Morgan fingerprint density at radius 3 is 2.50 bits per heavy atom. The van der Waals surface area contributed by atoms with Crippen molar-refractivity contribution >= 4 is 5.97 Å². The lowest BCUT2D eigenvalue weighted by Gasteiger charge is -2.15. The number of hydrogen-bond acceptors (Lipinski definition) is 2. The molecule has 0 heterocycles. The summed E-state index contributed by atoms with van der Waals surface area (Å²) in [6, 6.07) is 5.81. The summed E-state index contributed by atoms with van der Waals surface area (Å²) >= 11 is 0. The number of carboxylic acid groups (broad SMARTS) is 1. The van der Waals surface area contributed by atoms with E-state index in [2.05, 4.69) is 0 Å². The minimum atomic E-state index is -1.58. The molecule has 14 heavy (non-hydrogen) atoms. The van der Waals surface area contributed by atoms with Crippen molar-refractivity contribution < 1.29 is 19.4 Å². The van der Waals surface area contributed by atoms with Crippen LogP contribution in [0.2, 0.25) is 0 Å². The van der Waals surface area contributed by atoms with E-state index in [1.54, 1.807) is 6.07 Å². The Morgan fingerprint density at radius 2 is 2.00 bits per heavy atom. The van der Waals surface area contributed by atoms with Gasteiger partial charge in [-0.3, -0.25) is 0 Å². The standard InChI is InChI=1S/C10H11FO3/c1-6(9(12)10(13)14)7-4-2-3-5-8(7)11/h2-6,9,12H,1H3,(H,13,14)/t6-,9+/m1/s1. The minimum absolute atomic E-state index is 0.211. The molecular formula is C10H11FO3. The highest BCUT2D eigenvalue weighted by Crippen LogP contribution is 2.21. The van der Waals surface area contributed by atoms with Gasteiger partial charge in [-0.25, -0.2) is 9.18 Å². The van der Waals surface area contributed by atoms with E-state index in [9.17, 15) is 14.3 Å². The molecule has 0 spiro atoms. The lowest BCUT2D eigenvalue weighted by atomic mass is 9.95. The van der Waals surface area contributed by atoms with Crippen molar-refractivity contribution in [1.29, 1.82) is 0 Å². The summed E-state index contributed by atoms with van der Waals surface area (Å²) in [6.07, 6.45) is -1.58. The Morgan fingerprint density at radius 1 is 1.43 bits per heavy atom. The Kier molecular flexibility index (Phi) is 3.19. The highest BCUT2D eigenvalue weighted by molar-refractivity contribution is 5.73. The van der Waals surface area contributed by atoms with Gasteiger partial charge in [0.2, 0.25) is 0 Å². The zero-order valence-electron chi connectivity index (χ0n) is 7.64. The number of aliphatic carboxylic acids is 1. The van der Waals surface area contributed by atoms with Gasteiger partial charge in [-0.2, -0.15) is 0 Å². The van der Waals surface area contributed by atoms with Gasteiger partial charge in [0.25, 0.3) is 0 Å². The summed E-state index contributed by atoms with van der Waals surface area (Å²) < 4.78 is 13.2. The van der Waals surface area contributed by atoms with Crippen LogP contribution in [0.5, 0.6) is 0 Å². The molecule has 1 aromatic carbocycles. The molecule has 2 N–H and O–H groups in total. The van der Waals surface area contributed by atoms with Crippen molar-refractivity contribution in [3.05, 3.63) is 35.6 Å². The van der Waals surface area contributed by atoms with Crippen LogP contribution in [-0.2, 0) is 4.79 Å². The smallest absolute Gasteiger partial charge is 0.333 e. The Labute approximate surface area is 80.8 Å². The lowest BCUT2D eigenvalue weighted by Crippen LogP contribution is -2.26. The minimum Gasteiger partial charge on any atom is -0.479 e. The lowest BCUT2D eigenvalue weighted by molar-refractivity contribution is -0.147. The predicted octanol–water partition coefficient (Wildman–Crippen LogP) is 1.37. The topological polar surface area (TPSA) is 57.5 Å². The van der Waals surface area contributed by atoms with Gasteiger partial charge >= 0.3 is 5.97 Å². The first-order chi connectivity index (χ1) is 6.54. The fourth-order valence-corrected chi connectivity index (χ4v) is 1.23. The zero-order chi connectivity index (χ0) is 10.7. The van der Waals surface area contributed by atoms with Crippen LogP contribution in [0, 0.1) is 5.82 Å². The molecule has 0 saturated carbocycles. The van der Waals surface area contributed by atoms with Crippen molar-refractivity contribution in [2.24, 2.45) is 0 Å². The summed E-state index contributed by atoms with van der Waals surface area (Å²) in [7, 11) is 0. The molecule has 0 fully saturated rings. The molecule has 0 unspecified atom stereocenters. The van der Waals surface area contributed by atoms with Crippen LogP contribution in [-0.4, -0.2) is 22.3 Å². The summed E-state index contributed by atoms with van der Waals surface area (Å²) in [5.74, 6) is -2.60. The maximum absolute atomic E-state index is 13.2. The van der Waals surface area contributed by atoms with Crippen LogP contribution in [0.15, 0.2) is 24.3 Å². The first-order valence-electron chi connectivity index (χ1n) is 4.19. The fraction of sp³-hybridized carbons (Fsp3) is 0.300. The molecule has 3 nitrogen and oxygen atoms in total. The number of halogens is 1. The number of carboxylic acids is 1. The van der Waals surface area contributed by atoms with Crippen LogP contribution >= 0.6 is 0 Å². The second kappa shape index (κ2) is 4.19. The van der Waals surface area contributed by atoms with E-state index < -0.39 is 23.8 Å². The van der Waals surface area contributed by atoms with Crippen molar-refractivity contribution in [1.82, 2.24) is 0 Å². The second-order valence-corrected chi connectivity index (χ2v) is 3.09. The molecule has 0 aromatic heterocycles. The first kappa shape index (κ1) is 10.7. The van der Waals surface area contributed by atoms with Crippen LogP contribution < -0.4 is 0 Å². The Hall–Kier alpha value is -1.42. The summed E-state index contributed by atoms with van der Waals surface area (Å²) in [4.78, 5) is 10.5. The van der Waals surface area contributed by atoms with Gasteiger partial charge in [0, 0.05) is 5.92 Å². The van der Waals surface area contributed by atoms with Gasteiger partial charge in [0.1, 0.15) is 5.82 Å². The monoisotopic (exact) mass is 198 g/mol. The quantitative estimate of drug-likeness (QED) is 0.771. The molecule has 0 saturated heterocycles. The first-order valence-corrected chi connectivity index (χ1v) is 4.19. The van der Waals surface area contributed by atoms with Crippen LogP contribution in [0.1, 0.15) is 18.4 Å². The average molecular weight is 198 g/mol. The maximum Gasteiger partial charge on any atom is 0.333 e. The molecule has 0 aliphatic heterocycles. The van der Waals surface area contributed by atoms with E-state index in [0.717, 1.165) is 0 Å². The summed E-state index contributed by atoms with van der Waals surface area (Å²) in [5, 5.41) is 17.7.